The molecule has 5 nitrogen and oxygen atoms in total. The van der Waals surface area contributed by atoms with Crippen LogP contribution in [0.2, 0.25) is 0 Å². The van der Waals surface area contributed by atoms with E-state index in [2.05, 4.69) is 42.3 Å². The summed E-state index contributed by atoms with van der Waals surface area (Å²) >= 11 is 1.43. The van der Waals surface area contributed by atoms with Crippen LogP contribution in [-0.4, -0.2) is 27.0 Å². The van der Waals surface area contributed by atoms with Gasteiger partial charge in [-0.25, -0.2) is 4.98 Å². The molecule has 3 aromatic rings. The zero-order chi connectivity index (χ0) is 21.0. The van der Waals surface area contributed by atoms with Crippen molar-refractivity contribution in [1.29, 1.82) is 0 Å². The second-order valence-electron chi connectivity index (χ2n) is 7.13. The fourth-order valence-corrected chi connectivity index (χ4v) is 4.08. The molecule has 29 heavy (non-hydrogen) atoms. The lowest BCUT2D eigenvalue weighted by atomic mass is 10.0. The molecule has 1 N–H and O–H groups in total. The number of imidazole rings is 1. The van der Waals surface area contributed by atoms with E-state index in [1.165, 1.54) is 29.8 Å². The van der Waals surface area contributed by atoms with Gasteiger partial charge >= 0.3 is 0 Å². The van der Waals surface area contributed by atoms with Crippen molar-refractivity contribution in [2.24, 2.45) is 0 Å². The number of carbonyl (C=O) groups is 2. The van der Waals surface area contributed by atoms with Gasteiger partial charge in [-0.2, -0.15) is 0 Å². The van der Waals surface area contributed by atoms with E-state index in [0.717, 1.165) is 16.4 Å². The Kier molecular flexibility index (Phi) is 6.54. The lowest BCUT2D eigenvalue weighted by Gasteiger charge is -2.13. The van der Waals surface area contributed by atoms with Gasteiger partial charge in [-0.05, 0) is 38.0 Å². The molecule has 0 saturated carbocycles. The zero-order valence-electron chi connectivity index (χ0n) is 17.1. The summed E-state index contributed by atoms with van der Waals surface area (Å²) in [6, 6.07) is 13.6. The zero-order valence-corrected chi connectivity index (χ0v) is 17.9. The number of aryl methyl sites for hydroxylation is 2. The molecule has 0 saturated heterocycles. The monoisotopic (exact) mass is 407 g/mol. The van der Waals surface area contributed by atoms with Gasteiger partial charge in [0, 0.05) is 24.9 Å². The van der Waals surface area contributed by atoms with Gasteiger partial charge in [0.15, 0.2) is 10.9 Å². The van der Waals surface area contributed by atoms with Crippen molar-refractivity contribution in [3.63, 3.8) is 0 Å². The Morgan fingerprint density at radius 3 is 2.52 bits per heavy atom. The summed E-state index contributed by atoms with van der Waals surface area (Å²) in [6.45, 7) is 7.56. The van der Waals surface area contributed by atoms with Crippen LogP contribution in [0.1, 0.15) is 46.9 Å². The number of hydrogen-bond donors (Lipinski definition) is 1. The highest BCUT2D eigenvalue weighted by Gasteiger charge is 2.13. The molecule has 1 amide bonds. The molecule has 0 aliphatic carbocycles. The van der Waals surface area contributed by atoms with Gasteiger partial charge < -0.3 is 5.32 Å². The number of hydrogen-bond acceptors (Lipinski definition) is 4. The molecule has 0 spiro atoms. The Morgan fingerprint density at radius 1 is 1.14 bits per heavy atom. The van der Waals surface area contributed by atoms with Gasteiger partial charge in [0.25, 0.3) is 0 Å². The average molecular weight is 408 g/mol. The van der Waals surface area contributed by atoms with E-state index in [9.17, 15) is 9.59 Å². The highest BCUT2D eigenvalue weighted by atomic mass is 32.2. The highest BCUT2D eigenvalue weighted by Crippen LogP contribution is 2.24. The van der Waals surface area contributed by atoms with Crippen molar-refractivity contribution in [2.45, 2.75) is 38.9 Å². The first-order chi connectivity index (χ1) is 13.8. The van der Waals surface area contributed by atoms with Crippen molar-refractivity contribution in [3.05, 3.63) is 77.1 Å². The van der Waals surface area contributed by atoms with Crippen LogP contribution in [-0.2, 0) is 4.79 Å². The number of carbonyl (C=O) groups excluding carboxylic acids is 2. The van der Waals surface area contributed by atoms with Gasteiger partial charge in [-0.1, -0.05) is 53.7 Å². The molecule has 0 bridgehead atoms. The lowest BCUT2D eigenvalue weighted by molar-refractivity contribution is -0.119. The number of nitrogens with zero attached hydrogens (tertiary/aromatic N) is 2. The average Bonchev–Trinajstić information content (AvgIpc) is 3.14. The molecule has 1 atom stereocenters. The van der Waals surface area contributed by atoms with Gasteiger partial charge in [0.1, 0.15) is 0 Å². The van der Waals surface area contributed by atoms with E-state index in [1.54, 1.807) is 6.20 Å². The number of nitrogens with one attached hydrogen (secondary N) is 1. The lowest BCUT2D eigenvalue weighted by Crippen LogP contribution is -2.23. The van der Waals surface area contributed by atoms with Crippen molar-refractivity contribution in [1.82, 2.24) is 14.9 Å². The summed E-state index contributed by atoms with van der Waals surface area (Å²) in [5.41, 5.74) is 5.07. The van der Waals surface area contributed by atoms with E-state index in [1.807, 2.05) is 42.0 Å². The fourth-order valence-electron chi connectivity index (χ4n) is 3.21. The minimum absolute atomic E-state index is 0.0453. The first kappa shape index (κ1) is 20.9. The number of rotatable bonds is 7. The first-order valence-electron chi connectivity index (χ1n) is 9.49. The number of benzene rings is 2. The topological polar surface area (TPSA) is 64.0 Å². The Hall–Kier alpha value is -2.86. The van der Waals surface area contributed by atoms with Crippen molar-refractivity contribution in [2.75, 3.05) is 5.75 Å². The molecule has 1 unspecified atom stereocenters. The predicted octanol–water partition coefficient (Wildman–Crippen LogP) is 4.66. The van der Waals surface area contributed by atoms with Gasteiger partial charge in [0.05, 0.1) is 17.5 Å². The van der Waals surface area contributed by atoms with Crippen molar-refractivity contribution < 1.29 is 9.59 Å². The van der Waals surface area contributed by atoms with Gasteiger partial charge in [-0.15, -0.1) is 0 Å². The molecule has 3 rings (SSSR count). The molecule has 1 heterocycles. The molecule has 0 aliphatic rings. The largest absolute Gasteiger partial charge is 0.350 e. The third kappa shape index (κ3) is 5.15. The van der Waals surface area contributed by atoms with E-state index in [-0.39, 0.29) is 17.7 Å². The molecule has 150 valence electrons. The normalized spacial score (nSPS) is 11.9. The number of amides is 1. The molecule has 1 aromatic heterocycles. The van der Waals surface area contributed by atoms with Crippen LogP contribution in [0, 0.1) is 13.8 Å². The van der Waals surface area contributed by atoms with E-state index < -0.39 is 0 Å². The maximum Gasteiger partial charge on any atom is 0.217 e. The van der Waals surface area contributed by atoms with Crippen molar-refractivity contribution in [3.8, 4) is 5.69 Å². The summed E-state index contributed by atoms with van der Waals surface area (Å²) in [4.78, 5) is 28.2. The molecule has 0 fully saturated rings. The predicted molar refractivity (Wildman–Crippen MR) is 117 cm³/mol. The van der Waals surface area contributed by atoms with Crippen LogP contribution < -0.4 is 5.32 Å². The molecule has 2 aromatic carbocycles. The van der Waals surface area contributed by atoms with E-state index in [0.29, 0.717) is 11.3 Å². The second kappa shape index (κ2) is 9.09. The fraction of sp³-hybridized carbons (Fsp3) is 0.261. The van der Waals surface area contributed by atoms with E-state index >= 15 is 0 Å². The molecular weight excluding hydrogens is 382 g/mol. The van der Waals surface area contributed by atoms with Crippen LogP contribution in [0.3, 0.4) is 0 Å². The molecule has 0 radical (unpaired) electrons. The summed E-state index contributed by atoms with van der Waals surface area (Å²) in [7, 11) is 0. The quantitative estimate of drug-likeness (QED) is 0.457. The number of aromatic nitrogens is 2. The standard InChI is InChI=1S/C23H25N3O2S/c1-15-5-10-21(16(2)13-15)26-12-11-24-23(26)29-14-22(28)20-8-6-19(7-9-20)17(3)25-18(4)27/h5-13,17H,14H2,1-4H3,(H,25,27). The summed E-state index contributed by atoms with van der Waals surface area (Å²) in [5.74, 6) is 0.278. The minimum atomic E-state index is -0.0868. The van der Waals surface area contributed by atoms with Crippen LogP contribution in [0.4, 0.5) is 0 Å². The Labute approximate surface area is 175 Å². The van der Waals surface area contributed by atoms with Gasteiger partial charge in [-0.3, -0.25) is 14.2 Å². The van der Waals surface area contributed by atoms with Crippen molar-refractivity contribution >= 4 is 23.5 Å². The minimum Gasteiger partial charge on any atom is -0.350 e. The molecular formula is C23H25N3O2S. The Morgan fingerprint density at radius 2 is 1.86 bits per heavy atom. The van der Waals surface area contributed by atoms with Crippen LogP contribution in [0.15, 0.2) is 60.0 Å². The van der Waals surface area contributed by atoms with Gasteiger partial charge in [0.2, 0.25) is 5.91 Å². The first-order valence-corrected chi connectivity index (χ1v) is 10.5. The maximum atomic E-state index is 12.6. The number of Topliss-reactive ketones (excluding diaryl/α,β-unsaturated/α-hetero) is 1. The number of ketones is 1. The third-order valence-electron chi connectivity index (χ3n) is 4.70. The maximum absolute atomic E-state index is 12.6. The smallest absolute Gasteiger partial charge is 0.217 e. The van der Waals surface area contributed by atoms with Crippen LogP contribution in [0.25, 0.3) is 5.69 Å². The third-order valence-corrected chi connectivity index (χ3v) is 5.67. The molecule has 6 heteroatoms. The Balaban J connectivity index is 1.67. The second-order valence-corrected chi connectivity index (χ2v) is 8.07. The summed E-state index contributed by atoms with van der Waals surface area (Å²) in [5, 5.41) is 3.63. The SMILES string of the molecule is CC(=O)NC(C)c1ccc(C(=O)CSc2nccn2-c2ccc(C)cc2C)cc1. The number of thioether (sulfide) groups is 1. The Bertz CT molecular complexity index is 1020. The molecule has 0 aliphatic heterocycles. The summed E-state index contributed by atoms with van der Waals surface area (Å²) < 4.78 is 2.02. The van der Waals surface area contributed by atoms with Crippen LogP contribution in [0.5, 0.6) is 0 Å². The van der Waals surface area contributed by atoms with E-state index in [4.69, 9.17) is 0 Å². The summed E-state index contributed by atoms with van der Waals surface area (Å²) in [6.07, 6.45) is 3.67. The highest BCUT2D eigenvalue weighted by molar-refractivity contribution is 7.99. The van der Waals surface area contributed by atoms with Crippen LogP contribution >= 0.6 is 11.8 Å².